The Morgan fingerprint density at radius 2 is 1.91 bits per heavy atom. The van der Waals surface area contributed by atoms with Crippen molar-refractivity contribution in [1.82, 2.24) is 25.3 Å². The lowest BCUT2D eigenvalue weighted by Gasteiger charge is -2.28. The number of aromatic amines is 1. The van der Waals surface area contributed by atoms with E-state index < -0.39 is 0 Å². The third-order valence-electron chi connectivity index (χ3n) is 6.68. The zero-order chi connectivity index (χ0) is 22.6. The number of carbonyl (C=O) groups excluding carboxylic acids is 1. The zero-order valence-electron chi connectivity index (χ0n) is 18.6. The van der Waals surface area contributed by atoms with Crippen molar-refractivity contribution in [3.05, 3.63) is 59.7 Å². The molecule has 1 saturated heterocycles. The summed E-state index contributed by atoms with van der Waals surface area (Å²) in [5, 5.41) is 6.49. The highest BCUT2D eigenvalue weighted by Crippen LogP contribution is 2.29. The molecule has 2 heterocycles. The maximum Gasteiger partial charge on any atom is 0.223 e. The zero-order valence-corrected chi connectivity index (χ0v) is 19.4. The average molecular weight is 468 g/mol. The lowest BCUT2D eigenvalue weighted by Crippen LogP contribution is -2.36. The van der Waals surface area contributed by atoms with Gasteiger partial charge in [0, 0.05) is 23.4 Å². The SMILES string of the molecule is O=C(NCc1ccc(F)cc1)C1CCC(NSc2ccc3nc(C4CCCN4)[nH]c3c2)CC1. The molecule has 3 aromatic rings. The molecule has 1 aliphatic carbocycles. The predicted octanol–water partition coefficient (Wildman–Crippen LogP) is 4.60. The van der Waals surface area contributed by atoms with Gasteiger partial charge in [0.05, 0.1) is 17.1 Å². The van der Waals surface area contributed by atoms with Gasteiger partial charge in [0.2, 0.25) is 5.91 Å². The Morgan fingerprint density at radius 3 is 2.67 bits per heavy atom. The van der Waals surface area contributed by atoms with Crippen molar-refractivity contribution < 1.29 is 9.18 Å². The molecule has 1 atom stereocenters. The summed E-state index contributed by atoms with van der Waals surface area (Å²) in [5.74, 6) is 0.929. The van der Waals surface area contributed by atoms with E-state index in [0.717, 1.165) is 66.0 Å². The van der Waals surface area contributed by atoms with Crippen LogP contribution in [-0.4, -0.2) is 28.5 Å². The number of H-pyrrole nitrogens is 1. The smallest absolute Gasteiger partial charge is 0.223 e. The van der Waals surface area contributed by atoms with Gasteiger partial charge in [-0.15, -0.1) is 0 Å². The lowest BCUT2D eigenvalue weighted by atomic mass is 9.86. The van der Waals surface area contributed by atoms with Gasteiger partial charge in [-0.1, -0.05) is 12.1 Å². The summed E-state index contributed by atoms with van der Waals surface area (Å²) in [6.07, 6.45) is 6.05. The first-order valence-corrected chi connectivity index (χ1v) is 12.6. The van der Waals surface area contributed by atoms with Crippen LogP contribution in [0, 0.1) is 11.7 Å². The monoisotopic (exact) mass is 467 g/mol. The van der Waals surface area contributed by atoms with Crippen molar-refractivity contribution in [3.63, 3.8) is 0 Å². The molecule has 8 heteroatoms. The van der Waals surface area contributed by atoms with E-state index in [-0.39, 0.29) is 17.6 Å². The Hall–Kier alpha value is -2.42. The highest BCUT2D eigenvalue weighted by atomic mass is 32.2. The van der Waals surface area contributed by atoms with Crippen molar-refractivity contribution in [1.29, 1.82) is 0 Å². The first kappa shape index (κ1) is 22.4. The largest absolute Gasteiger partial charge is 0.352 e. The van der Waals surface area contributed by atoms with Gasteiger partial charge in [0.1, 0.15) is 11.6 Å². The number of nitrogens with zero attached hydrogens (tertiary/aromatic N) is 1. The molecule has 0 radical (unpaired) electrons. The quantitative estimate of drug-likeness (QED) is 0.382. The summed E-state index contributed by atoms with van der Waals surface area (Å²) in [7, 11) is 0. The van der Waals surface area contributed by atoms with E-state index in [0.29, 0.717) is 18.6 Å². The van der Waals surface area contributed by atoms with Crippen LogP contribution in [-0.2, 0) is 11.3 Å². The molecule has 1 aromatic heterocycles. The number of imidazole rings is 1. The molecule has 2 fully saturated rings. The van der Waals surface area contributed by atoms with Gasteiger partial charge in [-0.3, -0.25) is 9.52 Å². The number of halogens is 1. The molecular formula is C25H30FN5OS. The van der Waals surface area contributed by atoms with Crippen molar-refractivity contribution in [2.75, 3.05) is 6.54 Å². The van der Waals surface area contributed by atoms with E-state index in [2.05, 4.69) is 38.5 Å². The lowest BCUT2D eigenvalue weighted by molar-refractivity contribution is -0.126. The van der Waals surface area contributed by atoms with Crippen molar-refractivity contribution in [3.8, 4) is 0 Å². The Balaban J connectivity index is 1.07. The summed E-state index contributed by atoms with van der Waals surface area (Å²) >= 11 is 1.66. The summed E-state index contributed by atoms with van der Waals surface area (Å²) in [5.41, 5.74) is 3.00. The van der Waals surface area contributed by atoms with Gasteiger partial charge in [-0.2, -0.15) is 0 Å². The average Bonchev–Trinajstić information content (AvgIpc) is 3.52. The van der Waals surface area contributed by atoms with E-state index in [1.807, 2.05) is 0 Å². The van der Waals surface area contributed by atoms with Gasteiger partial charge < -0.3 is 15.6 Å². The highest BCUT2D eigenvalue weighted by molar-refractivity contribution is 7.97. The second kappa shape index (κ2) is 10.2. The molecule has 4 N–H and O–H groups in total. The minimum atomic E-state index is -0.260. The number of fused-ring (bicyclic) bond motifs is 1. The Kier molecular flexibility index (Phi) is 6.94. The molecule has 2 aromatic carbocycles. The van der Waals surface area contributed by atoms with E-state index >= 15 is 0 Å². The number of aromatic nitrogens is 2. The van der Waals surface area contributed by atoms with E-state index in [9.17, 15) is 9.18 Å². The fourth-order valence-electron chi connectivity index (χ4n) is 4.72. The molecule has 174 valence electrons. The van der Waals surface area contributed by atoms with Crippen LogP contribution in [0.5, 0.6) is 0 Å². The van der Waals surface area contributed by atoms with Crippen molar-refractivity contribution >= 4 is 28.9 Å². The van der Waals surface area contributed by atoms with Crippen LogP contribution in [0.3, 0.4) is 0 Å². The number of carbonyl (C=O) groups is 1. The summed E-state index contributed by atoms with van der Waals surface area (Å²) < 4.78 is 16.6. The molecular weight excluding hydrogens is 437 g/mol. The van der Waals surface area contributed by atoms with Crippen LogP contribution < -0.4 is 15.4 Å². The van der Waals surface area contributed by atoms with Gasteiger partial charge >= 0.3 is 0 Å². The number of hydrogen-bond acceptors (Lipinski definition) is 5. The van der Waals surface area contributed by atoms with E-state index in [1.54, 1.807) is 24.1 Å². The molecule has 0 bridgehead atoms. The van der Waals surface area contributed by atoms with Crippen molar-refractivity contribution in [2.45, 2.75) is 62.0 Å². The number of amides is 1. The second-order valence-electron chi connectivity index (χ2n) is 9.06. The van der Waals surface area contributed by atoms with Gasteiger partial charge in [0.25, 0.3) is 0 Å². The first-order valence-electron chi connectivity index (χ1n) is 11.8. The van der Waals surface area contributed by atoms with Gasteiger partial charge in [-0.05, 0) is 92.9 Å². The standard InChI is InChI=1S/C25H30FN5OS/c26-18-7-3-16(4-8-18)15-28-25(32)17-5-9-19(10-6-17)31-33-20-11-12-21-23(14-20)30-24(29-21)22-2-1-13-27-22/h3-4,7-8,11-12,14,17,19,22,27,31H,1-2,5-6,9-10,13,15H2,(H,28,32)(H,29,30). The summed E-state index contributed by atoms with van der Waals surface area (Å²) in [6, 6.07) is 13.4. The van der Waals surface area contributed by atoms with Crippen molar-refractivity contribution in [2.24, 2.45) is 5.92 Å². The molecule has 0 spiro atoms. The fraction of sp³-hybridized carbons (Fsp3) is 0.440. The molecule has 1 saturated carbocycles. The molecule has 1 unspecified atom stereocenters. The molecule has 6 nitrogen and oxygen atoms in total. The van der Waals surface area contributed by atoms with Gasteiger partial charge in [0.15, 0.2) is 0 Å². The minimum absolute atomic E-state index is 0.0532. The Morgan fingerprint density at radius 1 is 1.09 bits per heavy atom. The Bertz CT molecular complexity index is 1090. The summed E-state index contributed by atoms with van der Waals surface area (Å²) in [4.78, 5) is 21.9. The molecule has 33 heavy (non-hydrogen) atoms. The predicted molar refractivity (Wildman–Crippen MR) is 129 cm³/mol. The molecule has 1 amide bonds. The van der Waals surface area contributed by atoms with E-state index in [4.69, 9.17) is 4.98 Å². The number of hydrogen-bond donors (Lipinski definition) is 4. The summed E-state index contributed by atoms with van der Waals surface area (Å²) in [6.45, 7) is 1.51. The van der Waals surface area contributed by atoms with Crippen LogP contribution in [0.2, 0.25) is 0 Å². The molecule has 2 aliphatic rings. The maximum absolute atomic E-state index is 13.0. The van der Waals surface area contributed by atoms with Crippen LogP contribution >= 0.6 is 11.9 Å². The van der Waals surface area contributed by atoms with Crippen LogP contribution in [0.4, 0.5) is 4.39 Å². The number of nitrogens with one attached hydrogen (secondary N) is 4. The third kappa shape index (κ3) is 5.57. The third-order valence-corrected chi connectivity index (χ3v) is 7.62. The second-order valence-corrected chi connectivity index (χ2v) is 9.97. The highest BCUT2D eigenvalue weighted by Gasteiger charge is 2.26. The normalized spacial score (nSPS) is 23.1. The fourth-order valence-corrected chi connectivity index (χ4v) is 5.57. The van der Waals surface area contributed by atoms with Crippen LogP contribution in [0.1, 0.15) is 56.0 Å². The molecule has 1 aliphatic heterocycles. The Labute approximate surface area is 197 Å². The topological polar surface area (TPSA) is 81.8 Å². The maximum atomic E-state index is 13.0. The first-order chi connectivity index (χ1) is 16.1. The van der Waals surface area contributed by atoms with E-state index in [1.165, 1.54) is 18.6 Å². The number of benzene rings is 2. The van der Waals surface area contributed by atoms with Crippen LogP contribution in [0.25, 0.3) is 11.0 Å². The van der Waals surface area contributed by atoms with Crippen LogP contribution in [0.15, 0.2) is 47.4 Å². The van der Waals surface area contributed by atoms with Gasteiger partial charge in [-0.25, -0.2) is 9.37 Å². The minimum Gasteiger partial charge on any atom is -0.352 e. The molecule has 5 rings (SSSR count). The number of rotatable bonds is 7.